The summed E-state index contributed by atoms with van der Waals surface area (Å²) in [4.78, 5) is 15.4. The largest absolute Gasteiger partial charge is 0.466 e. The van der Waals surface area contributed by atoms with Crippen LogP contribution >= 0.6 is 0 Å². The van der Waals surface area contributed by atoms with Crippen molar-refractivity contribution in [3.8, 4) is 0 Å². The lowest BCUT2D eigenvalue weighted by atomic mass is 9.53. The molecule has 0 amide bonds. The molecule has 0 radical (unpaired) electrons. The zero-order chi connectivity index (χ0) is 17.2. The predicted octanol–water partition coefficient (Wildman–Crippen LogP) is 3.45. The van der Waals surface area contributed by atoms with Gasteiger partial charge in [-0.2, -0.15) is 0 Å². The number of rotatable bonds is 2. The molecule has 1 N–H and O–H groups in total. The smallest absolute Gasteiger partial charge is 0.335 e. The van der Waals surface area contributed by atoms with Crippen LogP contribution in [0.15, 0.2) is 35.5 Å². The zero-order valence-electron chi connectivity index (χ0n) is 15.1. The summed E-state index contributed by atoms with van der Waals surface area (Å²) < 4.78 is 5.22. The number of benzene rings is 1. The highest BCUT2D eigenvalue weighted by Gasteiger charge is 2.65. The Morgan fingerprint density at radius 1 is 1.32 bits per heavy atom. The third-order valence-corrected chi connectivity index (χ3v) is 7.41. The van der Waals surface area contributed by atoms with Gasteiger partial charge >= 0.3 is 5.97 Å². The first-order valence-corrected chi connectivity index (χ1v) is 9.59. The van der Waals surface area contributed by atoms with Gasteiger partial charge in [-0.25, -0.2) is 4.79 Å². The molecule has 3 aliphatic heterocycles. The average Bonchev–Trinajstić information content (AvgIpc) is 3.21. The second-order valence-corrected chi connectivity index (χ2v) is 8.17. The number of esters is 1. The molecule has 0 saturated carbocycles. The molecular weight excluding hydrogens is 312 g/mol. The number of hydrogen-bond donors (Lipinski definition) is 1. The molecule has 132 valence electrons. The number of ether oxygens (including phenoxy) is 1. The van der Waals surface area contributed by atoms with Crippen LogP contribution in [0.5, 0.6) is 0 Å². The fraction of sp³-hybridized carbons (Fsp3) is 0.571. The van der Waals surface area contributed by atoms with Gasteiger partial charge in [-0.1, -0.05) is 25.1 Å². The molecule has 5 rings (SSSR count). The van der Waals surface area contributed by atoms with Crippen molar-refractivity contribution in [3.63, 3.8) is 0 Å². The van der Waals surface area contributed by atoms with E-state index in [0.717, 1.165) is 37.1 Å². The highest BCUT2D eigenvalue weighted by atomic mass is 16.5. The minimum Gasteiger partial charge on any atom is -0.466 e. The lowest BCUT2D eigenvalue weighted by Gasteiger charge is -2.56. The molecule has 3 heterocycles. The maximum atomic E-state index is 12.7. The van der Waals surface area contributed by atoms with Gasteiger partial charge in [0.25, 0.3) is 0 Å². The van der Waals surface area contributed by atoms with E-state index in [0.29, 0.717) is 6.04 Å². The predicted molar refractivity (Wildman–Crippen MR) is 97.3 cm³/mol. The number of carbonyl (C=O) groups excluding carboxylic acids is 1. The van der Waals surface area contributed by atoms with Crippen molar-refractivity contribution in [2.24, 2.45) is 5.41 Å². The Bertz CT molecular complexity index is 786. The number of piperidine rings is 1. The average molecular weight is 338 g/mol. The molecule has 2 fully saturated rings. The van der Waals surface area contributed by atoms with Gasteiger partial charge < -0.3 is 10.1 Å². The fourth-order valence-corrected chi connectivity index (χ4v) is 6.49. The Morgan fingerprint density at radius 2 is 2.16 bits per heavy atom. The SMILES string of the molecule is CC[C@]12CCCN3CC[C@]4(C(=C(C(=O)OC)C1)Nc1ccccc14)[C@H]32. The van der Waals surface area contributed by atoms with E-state index >= 15 is 0 Å². The molecule has 1 aromatic carbocycles. The number of nitrogens with zero attached hydrogens (tertiary/aromatic N) is 1. The monoisotopic (exact) mass is 338 g/mol. The summed E-state index contributed by atoms with van der Waals surface area (Å²) in [5.74, 6) is -0.148. The standard InChI is InChI=1S/C21H26N2O2/c1-3-20-9-6-11-23-12-10-21(19(20)23)15-7-4-5-8-16(15)22-17(21)14(13-20)18(24)25-2/h4-5,7-8,19,22H,3,6,9-13H2,1-2H3/t19-,20+,21+/m1/s1. The van der Waals surface area contributed by atoms with E-state index in [9.17, 15) is 4.79 Å². The van der Waals surface area contributed by atoms with E-state index in [1.807, 2.05) is 0 Å². The third-order valence-electron chi connectivity index (χ3n) is 7.41. The van der Waals surface area contributed by atoms with Gasteiger partial charge in [0.1, 0.15) is 0 Å². The number of methoxy groups -OCH3 is 1. The Morgan fingerprint density at radius 3 is 2.96 bits per heavy atom. The first kappa shape index (κ1) is 15.4. The molecule has 2 saturated heterocycles. The van der Waals surface area contributed by atoms with Crippen LogP contribution in [0.3, 0.4) is 0 Å². The molecule has 1 aromatic rings. The van der Waals surface area contributed by atoms with E-state index in [2.05, 4.69) is 41.4 Å². The quantitative estimate of drug-likeness (QED) is 0.839. The van der Waals surface area contributed by atoms with E-state index in [1.54, 1.807) is 0 Å². The van der Waals surface area contributed by atoms with Crippen LogP contribution in [-0.2, 0) is 14.9 Å². The topological polar surface area (TPSA) is 41.6 Å². The van der Waals surface area contributed by atoms with Crippen LogP contribution in [0, 0.1) is 5.41 Å². The van der Waals surface area contributed by atoms with Crippen LogP contribution in [0.2, 0.25) is 0 Å². The molecule has 3 atom stereocenters. The summed E-state index contributed by atoms with van der Waals surface area (Å²) in [6.45, 7) is 4.63. The van der Waals surface area contributed by atoms with Gasteiger partial charge in [0.2, 0.25) is 0 Å². The maximum Gasteiger partial charge on any atom is 0.335 e. The van der Waals surface area contributed by atoms with Crippen molar-refractivity contribution in [3.05, 3.63) is 41.1 Å². The normalized spacial score (nSPS) is 35.7. The number of para-hydroxylation sites is 1. The lowest BCUT2D eigenvalue weighted by Crippen LogP contribution is -2.59. The summed E-state index contributed by atoms with van der Waals surface area (Å²) in [7, 11) is 1.51. The number of anilines is 1. The van der Waals surface area contributed by atoms with Crippen molar-refractivity contribution < 1.29 is 9.53 Å². The van der Waals surface area contributed by atoms with Crippen molar-refractivity contribution in [1.82, 2.24) is 4.90 Å². The van der Waals surface area contributed by atoms with Crippen molar-refractivity contribution in [2.45, 2.75) is 50.5 Å². The van der Waals surface area contributed by atoms with Crippen LogP contribution in [-0.4, -0.2) is 37.1 Å². The molecule has 0 aromatic heterocycles. The van der Waals surface area contributed by atoms with Gasteiger partial charge in [-0.3, -0.25) is 4.90 Å². The van der Waals surface area contributed by atoms with Crippen LogP contribution in [0.4, 0.5) is 5.69 Å². The summed E-state index contributed by atoms with van der Waals surface area (Å²) in [5, 5.41) is 3.65. The Labute approximate surface area is 149 Å². The van der Waals surface area contributed by atoms with Crippen LogP contribution in [0.25, 0.3) is 0 Å². The molecule has 0 bridgehead atoms. The summed E-state index contributed by atoms with van der Waals surface area (Å²) in [6, 6.07) is 9.15. The van der Waals surface area contributed by atoms with Gasteiger partial charge in [-0.15, -0.1) is 0 Å². The van der Waals surface area contributed by atoms with E-state index in [1.165, 1.54) is 37.7 Å². The second-order valence-electron chi connectivity index (χ2n) is 8.17. The van der Waals surface area contributed by atoms with Crippen molar-refractivity contribution in [2.75, 3.05) is 25.5 Å². The Balaban J connectivity index is 1.81. The highest BCUT2D eigenvalue weighted by molar-refractivity contribution is 5.93. The van der Waals surface area contributed by atoms with E-state index < -0.39 is 0 Å². The molecule has 1 aliphatic carbocycles. The highest BCUT2D eigenvalue weighted by Crippen LogP contribution is 2.65. The van der Waals surface area contributed by atoms with Crippen LogP contribution in [0.1, 0.15) is 44.6 Å². The number of nitrogens with one attached hydrogen (secondary N) is 1. The molecule has 4 aliphatic rings. The fourth-order valence-electron chi connectivity index (χ4n) is 6.49. The molecule has 25 heavy (non-hydrogen) atoms. The molecule has 0 unspecified atom stereocenters. The third kappa shape index (κ3) is 1.74. The summed E-state index contributed by atoms with van der Waals surface area (Å²) >= 11 is 0. The van der Waals surface area contributed by atoms with Crippen LogP contribution < -0.4 is 5.32 Å². The first-order valence-electron chi connectivity index (χ1n) is 9.59. The number of carbonyl (C=O) groups is 1. The molecule has 4 heteroatoms. The minimum atomic E-state index is -0.148. The minimum absolute atomic E-state index is 0.0607. The maximum absolute atomic E-state index is 12.7. The van der Waals surface area contributed by atoms with Crippen molar-refractivity contribution in [1.29, 1.82) is 0 Å². The van der Waals surface area contributed by atoms with Gasteiger partial charge in [0.15, 0.2) is 0 Å². The molecule has 4 nitrogen and oxygen atoms in total. The van der Waals surface area contributed by atoms with Crippen molar-refractivity contribution >= 4 is 11.7 Å². The first-order chi connectivity index (χ1) is 12.2. The Kier molecular flexibility index (Phi) is 3.15. The second kappa shape index (κ2) is 5.10. The lowest BCUT2D eigenvalue weighted by molar-refractivity contribution is -0.137. The number of hydrogen-bond acceptors (Lipinski definition) is 4. The molecule has 1 spiro atoms. The van der Waals surface area contributed by atoms with E-state index in [4.69, 9.17) is 4.74 Å². The molecular formula is C21H26N2O2. The van der Waals surface area contributed by atoms with Gasteiger partial charge in [-0.05, 0) is 62.2 Å². The Hall–Kier alpha value is -1.81. The van der Waals surface area contributed by atoms with Gasteiger partial charge in [0, 0.05) is 17.4 Å². The summed E-state index contributed by atoms with van der Waals surface area (Å²) in [5.41, 5.74) is 4.71. The number of fused-ring (bicyclic) bond motifs is 1. The zero-order valence-corrected chi connectivity index (χ0v) is 15.1. The van der Waals surface area contributed by atoms with E-state index in [-0.39, 0.29) is 16.8 Å². The van der Waals surface area contributed by atoms with Gasteiger partial charge in [0.05, 0.1) is 18.1 Å². The summed E-state index contributed by atoms with van der Waals surface area (Å²) in [6.07, 6.45) is 5.50.